The molecule has 0 aromatic heterocycles. The summed E-state index contributed by atoms with van der Waals surface area (Å²) in [7, 11) is 0. The summed E-state index contributed by atoms with van der Waals surface area (Å²) >= 11 is 5.60. The molecule has 68 valence electrons. The second-order valence-corrected chi connectivity index (χ2v) is 3.52. The molecule has 0 aromatic rings. The zero-order valence-electron chi connectivity index (χ0n) is 6.79. The number of aliphatic carboxylic acids is 1. The van der Waals surface area contributed by atoms with Crippen LogP contribution in [0.25, 0.3) is 0 Å². The van der Waals surface area contributed by atoms with Crippen molar-refractivity contribution in [1.82, 2.24) is 4.90 Å². The molecule has 0 bridgehead atoms. The van der Waals surface area contributed by atoms with Crippen molar-refractivity contribution >= 4 is 17.6 Å². The lowest BCUT2D eigenvalue weighted by atomic mass is 10.2. The van der Waals surface area contributed by atoms with Gasteiger partial charge in [0.1, 0.15) is 6.04 Å². The number of likely N-dealkylation sites (tertiary alicyclic amines) is 1. The van der Waals surface area contributed by atoms with Crippen LogP contribution in [0.3, 0.4) is 0 Å². The highest BCUT2D eigenvalue weighted by molar-refractivity contribution is 6.29. The molecule has 0 saturated carbocycles. The molecule has 4 heteroatoms. The quantitative estimate of drug-likeness (QED) is 0.728. The van der Waals surface area contributed by atoms with Gasteiger partial charge in [-0.2, -0.15) is 0 Å². The van der Waals surface area contributed by atoms with E-state index in [2.05, 4.69) is 6.58 Å². The van der Waals surface area contributed by atoms with Gasteiger partial charge in [0.2, 0.25) is 0 Å². The van der Waals surface area contributed by atoms with Gasteiger partial charge in [0.25, 0.3) is 0 Å². The maximum Gasteiger partial charge on any atom is 0.320 e. The van der Waals surface area contributed by atoms with Gasteiger partial charge >= 0.3 is 5.97 Å². The molecule has 1 saturated heterocycles. The highest BCUT2D eigenvalue weighted by atomic mass is 35.5. The molecule has 1 atom stereocenters. The number of nitrogens with zero attached hydrogens (tertiary/aromatic N) is 1. The smallest absolute Gasteiger partial charge is 0.320 e. The van der Waals surface area contributed by atoms with E-state index in [1.807, 2.05) is 4.90 Å². The van der Waals surface area contributed by atoms with Gasteiger partial charge < -0.3 is 5.11 Å². The van der Waals surface area contributed by atoms with Crippen LogP contribution in [0.5, 0.6) is 0 Å². The van der Waals surface area contributed by atoms with Crippen LogP contribution < -0.4 is 0 Å². The minimum Gasteiger partial charge on any atom is -0.480 e. The van der Waals surface area contributed by atoms with Gasteiger partial charge in [-0.05, 0) is 19.4 Å². The molecular formula is C8H12ClNO2. The van der Waals surface area contributed by atoms with Crippen LogP contribution in [0, 0.1) is 0 Å². The molecule has 1 unspecified atom stereocenters. The van der Waals surface area contributed by atoms with E-state index in [0.29, 0.717) is 11.6 Å². The van der Waals surface area contributed by atoms with Crippen LogP contribution in [-0.2, 0) is 4.79 Å². The zero-order valence-corrected chi connectivity index (χ0v) is 7.55. The Labute approximate surface area is 76.6 Å². The average Bonchev–Trinajstić information content (AvgIpc) is 2.33. The maximum absolute atomic E-state index is 10.7. The predicted molar refractivity (Wildman–Crippen MR) is 47.2 cm³/mol. The number of rotatable bonds is 3. The van der Waals surface area contributed by atoms with E-state index in [1.54, 1.807) is 0 Å². The van der Waals surface area contributed by atoms with Gasteiger partial charge in [0, 0.05) is 11.6 Å². The second kappa shape index (κ2) is 3.92. The van der Waals surface area contributed by atoms with E-state index in [9.17, 15) is 4.79 Å². The molecule has 0 spiro atoms. The second-order valence-electron chi connectivity index (χ2n) is 2.98. The first-order chi connectivity index (χ1) is 5.61. The molecule has 0 aromatic carbocycles. The van der Waals surface area contributed by atoms with Gasteiger partial charge in [-0.3, -0.25) is 9.69 Å². The van der Waals surface area contributed by atoms with Crippen molar-refractivity contribution in [2.24, 2.45) is 0 Å². The van der Waals surface area contributed by atoms with Crippen LogP contribution in [0.4, 0.5) is 0 Å². The van der Waals surface area contributed by atoms with Gasteiger partial charge in [0.05, 0.1) is 0 Å². The molecule has 1 rings (SSSR count). The fourth-order valence-corrected chi connectivity index (χ4v) is 1.67. The first kappa shape index (κ1) is 9.55. The zero-order chi connectivity index (χ0) is 9.14. The molecule has 1 aliphatic heterocycles. The topological polar surface area (TPSA) is 40.5 Å². The molecular weight excluding hydrogens is 178 g/mol. The average molecular weight is 190 g/mol. The molecule has 0 aliphatic carbocycles. The van der Waals surface area contributed by atoms with Crippen LogP contribution in [0.2, 0.25) is 0 Å². The van der Waals surface area contributed by atoms with Gasteiger partial charge in [-0.25, -0.2) is 0 Å². The summed E-state index contributed by atoms with van der Waals surface area (Å²) in [6.45, 7) is 4.84. The number of carbonyl (C=O) groups is 1. The Bertz CT molecular complexity index is 205. The fraction of sp³-hybridized carbons (Fsp3) is 0.625. The summed E-state index contributed by atoms with van der Waals surface area (Å²) in [5, 5.41) is 9.29. The maximum atomic E-state index is 10.7. The summed E-state index contributed by atoms with van der Waals surface area (Å²) in [4.78, 5) is 12.5. The van der Waals surface area contributed by atoms with E-state index in [0.717, 1.165) is 19.4 Å². The lowest BCUT2D eigenvalue weighted by Crippen LogP contribution is -2.36. The Morgan fingerprint density at radius 3 is 2.92 bits per heavy atom. The molecule has 1 aliphatic rings. The molecule has 3 nitrogen and oxygen atoms in total. The number of halogens is 1. The lowest BCUT2D eigenvalue weighted by Gasteiger charge is -2.19. The summed E-state index contributed by atoms with van der Waals surface area (Å²) in [6.07, 6.45) is 1.65. The minimum atomic E-state index is -0.759. The largest absolute Gasteiger partial charge is 0.480 e. The number of carboxylic acids is 1. The monoisotopic (exact) mass is 189 g/mol. The third-order valence-corrected chi connectivity index (χ3v) is 2.14. The highest BCUT2D eigenvalue weighted by Crippen LogP contribution is 2.18. The minimum absolute atomic E-state index is 0.361. The van der Waals surface area contributed by atoms with E-state index >= 15 is 0 Å². The number of hydrogen-bond donors (Lipinski definition) is 1. The van der Waals surface area contributed by atoms with E-state index < -0.39 is 5.97 Å². The predicted octanol–water partition coefficient (Wildman–Crippen LogP) is 1.29. The van der Waals surface area contributed by atoms with E-state index in [1.165, 1.54) is 0 Å². The Morgan fingerprint density at radius 1 is 1.75 bits per heavy atom. The third-order valence-electron chi connectivity index (χ3n) is 2.02. The van der Waals surface area contributed by atoms with E-state index in [-0.39, 0.29) is 6.04 Å². The molecule has 0 amide bonds. The first-order valence-electron chi connectivity index (χ1n) is 3.91. The Hall–Kier alpha value is -0.540. The Balaban J connectivity index is 2.52. The Morgan fingerprint density at radius 2 is 2.42 bits per heavy atom. The van der Waals surface area contributed by atoms with Crippen molar-refractivity contribution in [2.75, 3.05) is 13.1 Å². The first-order valence-corrected chi connectivity index (χ1v) is 4.29. The van der Waals surface area contributed by atoms with Crippen LogP contribution >= 0.6 is 11.6 Å². The van der Waals surface area contributed by atoms with Crippen LogP contribution in [0.15, 0.2) is 11.6 Å². The van der Waals surface area contributed by atoms with Crippen molar-refractivity contribution in [2.45, 2.75) is 18.9 Å². The molecule has 1 fully saturated rings. The fourth-order valence-electron chi connectivity index (χ4n) is 1.52. The summed E-state index contributed by atoms with van der Waals surface area (Å²) in [5.41, 5.74) is 0. The van der Waals surface area contributed by atoms with E-state index in [4.69, 9.17) is 16.7 Å². The van der Waals surface area contributed by atoms with Crippen molar-refractivity contribution in [1.29, 1.82) is 0 Å². The molecule has 12 heavy (non-hydrogen) atoms. The van der Waals surface area contributed by atoms with Crippen molar-refractivity contribution in [3.8, 4) is 0 Å². The summed E-state index contributed by atoms with van der Waals surface area (Å²) in [6, 6.07) is -0.361. The molecule has 1 heterocycles. The van der Waals surface area contributed by atoms with Crippen LogP contribution in [0.1, 0.15) is 12.8 Å². The van der Waals surface area contributed by atoms with Gasteiger partial charge in [-0.15, -0.1) is 0 Å². The van der Waals surface area contributed by atoms with Gasteiger partial charge in [-0.1, -0.05) is 18.2 Å². The number of hydrogen-bond acceptors (Lipinski definition) is 2. The van der Waals surface area contributed by atoms with Crippen LogP contribution in [-0.4, -0.2) is 35.1 Å². The lowest BCUT2D eigenvalue weighted by molar-refractivity contribution is -0.141. The SMILES string of the molecule is C=C(Cl)CN1CCCC1C(=O)O. The van der Waals surface area contributed by atoms with Crippen molar-refractivity contribution < 1.29 is 9.90 Å². The van der Waals surface area contributed by atoms with Crippen molar-refractivity contribution in [3.05, 3.63) is 11.6 Å². The third kappa shape index (κ3) is 2.22. The summed E-state index contributed by atoms with van der Waals surface area (Å²) < 4.78 is 0. The normalized spacial score (nSPS) is 24.2. The van der Waals surface area contributed by atoms with Gasteiger partial charge in [0.15, 0.2) is 0 Å². The molecule has 1 N–H and O–H groups in total. The summed E-state index contributed by atoms with van der Waals surface area (Å²) in [5.74, 6) is -0.759. The molecule has 0 radical (unpaired) electrons. The highest BCUT2D eigenvalue weighted by Gasteiger charge is 2.29. The standard InChI is InChI=1S/C8H12ClNO2/c1-6(9)5-10-4-2-3-7(10)8(11)12/h7H,1-5H2,(H,11,12). The van der Waals surface area contributed by atoms with Crippen molar-refractivity contribution in [3.63, 3.8) is 0 Å². The Kier molecular flexibility index (Phi) is 3.12. The number of carboxylic acid groups (broad SMARTS) is 1.